The fraction of sp³-hybridized carbons (Fsp3) is 0.611. The van der Waals surface area contributed by atoms with Gasteiger partial charge in [0.25, 0.3) is 0 Å². The molecule has 24 heavy (non-hydrogen) atoms. The van der Waals surface area contributed by atoms with Gasteiger partial charge in [0.05, 0.1) is 13.2 Å². The molecule has 2 amide bonds. The van der Waals surface area contributed by atoms with Gasteiger partial charge in [-0.1, -0.05) is 18.9 Å². The molecule has 0 spiro atoms. The lowest BCUT2D eigenvalue weighted by atomic mass is 9.86. The van der Waals surface area contributed by atoms with Crippen molar-refractivity contribution in [3.05, 3.63) is 29.6 Å². The lowest BCUT2D eigenvalue weighted by Crippen LogP contribution is -2.43. The number of halogens is 1. The summed E-state index contributed by atoms with van der Waals surface area (Å²) in [5.74, 6) is -0.0193. The van der Waals surface area contributed by atoms with E-state index in [9.17, 15) is 14.3 Å². The van der Waals surface area contributed by atoms with E-state index >= 15 is 0 Å². The molecule has 6 heteroatoms. The van der Waals surface area contributed by atoms with Crippen molar-refractivity contribution in [1.82, 2.24) is 10.2 Å². The van der Waals surface area contributed by atoms with E-state index in [-0.39, 0.29) is 23.8 Å². The Hall–Kier alpha value is -1.82. The summed E-state index contributed by atoms with van der Waals surface area (Å²) in [5, 5.41) is 12.9. The zero-order valence-electron chi connectivity index (χ0n) is 14.4. The molecule has 0 bridgehead atoms. The third-order valence-electron chi connectivity index (χ3n) is 4.63. The van der Waals surface area contributed by atoms with Crippen LogP contribution in [0.2, 0.25) is 0 Å². The standard InChI is InChI=1S/C18H27FN2O3/c1-21(12-14-5-3-4-6-16(14)22)18(23)20-10-9-13-7-8-15(19)17(11-13)24-2/h7-8,11,14,16,22H,3-6,9-10,12H2,1-2H3,(H,20,23)/t14-,16-/m0/s1. The first kappa shape index (κ1) is 18.5. The Balaban J connectivity index is 1.76. The summed E-state index contributed by atoms with van der Waals surface area (Å²) in [7, 11) is 3.18. The maximum absolute atomic E-state index is 13.4. The van der Waals surface area contributed by atoms with Gasteiger partial charge in [0.1, 0.15) is 0 Å². The molecule has 0 radical (unpaired) electrons. The Morgan fingerprint density at radius 3 is 2.88 bits per heavy atom. The topological polar surface area (TPSA) is 61.8 Å². The highest BCUT2D eigenvalue weighted by Crippen LogP contribution is 2.24. The number of ether oxygens (including phenoxy) is 1. The Morgan fingerprint density at radius 2 is 2.17 bits per heavy atom. The SMILES string of the molecule is COc1cc(CCNC(=O)N(C)C[C@@H]2CCCC[C@@H]2O)ccc1F. The lowest BCUT2D eigenvalue weighted by Gasteiger charge is -2.31. The third kappa shape index (κ3) is 5.09. The molecular weight excluding hydrogens is 311 g/mol. The highest BCUT2D eigenvalue weighted by molar-refractivity contribution is 5.73. The summed E-state index contributed by atoms with van der Waals surface area (Å²) in [4.78, 5) is 13.8. The van der Waals surface area contributed by atoms with Crippen LogP contribution in [-0.4, -0.2) is 49.4 Å². The van der Waals surface area contributed by atoms with Crippen molar-refractivity contribution in [2.45, 2.75) is 38.2 Å². The molecule has 0 saturated heterocycles. The monoisotopic (exact) mass is 338 g/mol. The number of hydrogen-bond acceptors (Lipinski definition) is 3. The molecule has 0 unspecified atom stereocenters. The molecule has 2 N–H and O–H groups in total. The van der Waals surface area contributed by atoms with Crippen LogP contribution < -0.4 is 10.1 Å². The zero-order valence-corrected chi connectivity index (χ0v) is 14.4. The summed E-state index contributed by atoms with van der Waals surface area (Å²) in [6, 6.07) is 4.55. The maximum atomic E-state index is 13.4. The van der Waals surface area contributed by atoms with E-state index in [1.54, 1.807) is 24.1 Å². The number of aliphatic hydroxyl groups excluding tert-OH is 1. The Morgan fingerprint density at radius 1 is 1.42 bits per heavy atom. The molecule has 5 nitrogen and oxygen atoms in total. The first-order valence-corrected chi connectivity index (χ1v) is 8.50. The van der Waals surface area contributed by atoms with Gasteiger partial charge in [0.2, 0.25) is 0 Å². The highest BCUT2D eigenvalue weighted by atomic mass is 19.1. The molecular formula is C18H27FN2O3. The average molecular weight is 338 g/mol. The van der Waals surface area contributed by atoms with Gasteiger partial charge in [-0.05, 0) is 37.0 Å². The van der Waals surface area contributed by atoms with Gasteiger partial charge in [0.15, 0.2) is 11.6 Å². The van der Waals surface area contributed by atoms with Crippen LogP contribution >= 0.6 is 0 Å². The van der Waals surface area contributed by atoms with Gasteiger partial charge in [-0.15, -0.1) is 0 Å². The third-order valence-corrected chi connectivity index (χ3v) is 4.63. The molecule has 1 aromatic rings. The predicted molar refractivity (Wildman–Crippen MR) is 90.6 cm³/mol. The minimum Gasteiger partial charge on any atom is -0.494 e. The molecule has 1 saturated carbocycles. The number of carbonyl (C=O) groups excluding carboxylic acids is 1. The van der Waals surface area contributed by atoms with Crippen molar-refractivity contribution >= 4 is 6.03 Å². The van der Waals surface area contributed by atoms with Crippen LogP contribution in [0.5, 0.6) is 5.75 Å². The fourth-order valence-electron chi connectivity index (χ4n) is 3.14. The van der Waals surface area contributed by atoms with Gasteiger partial charge in [-0.25, -0.2) is 9.18 Å². The number of amides is 2. The number of nitrogens with one attached hydrogen (secondary N) is 1. The lowest BCUT2D eigenvalue weighted by molar-refractivity contribution is 0.0565. The number of urea groups is 1. The second-order valence-corrected chi connectivity index (χ2v) is 6.44. The largest absolute Gasteiger partial charge is 0.494 e. The Labute approximate surface area is 142 Å². The van der Waals surface area contributed by atoms with E-state index in [0.717, 1.165) is 31.2 Å². The zero-order chi connectivity index (χ0) is 17.5. The van der Waals surface area contributed by atoms with Crippen molar-refractivity contribution in [3.8, 4) is 5.75 Å². The van der Waals surface area contributed by atoms with Crippen molar-refractivity contribution in [2.75, 3.05) is 27.2 Å². The smallest absolute Gasteiger partial charge is 0.317 e. The van der Waals surface area contributed by atoms with Crippen molar-refractivity contribution in [1.29, 1.82) is 0 Å². The number of aliphatic hydroxyl groups is 1. The molecule has 0 aliphatic heterocycles. The van der Waals surface area contributed by atoms with Crippen molar-refractivity contribution in [3.63, 3.8) is 0 Å². The van der Waals surface area contributed by atoms with Crippen LogP contribution in [0.3, 0.4) is 0 Å². The van der Waals surface area contributed by atoms with E-state index in [1.165, 1.54) is 13.2 Å². The normalized spacial score (nSPS) is 20.5. The molecule has 2 atom stereocenters. The quantitative estimate of drug-likeness (QED) is 0.838. The van der Waals surface area contributed by atoms with Gasteiger partial charge < -0.3 is 20.1 Å². The molecule has 134 valence electrons. The van der Waals surface area contributed by atoms with Gasteiger partial charge in [-0.2, -0.15) is 0 Å². The van der Waals surface area contributed by atoms with Gasteiger partial charge >= 0.3 is 6.03 Å². The molecule has 2 rings (SSSR count). The Bertz CT molecular complexity index is 553. The summed E-state index contributed by atoms with van der Waals surface area (Å²) >= 11 is 0. The number of carbonyl (C=O) groups is 1. The summed E-state index contributed by atoms with van der Waals surface area (Å²) in [6.45, 7) is 1.03. The molecule has 1 fully saturated rings. The minimum absolute atomic E-state index is 0.151. The summed E-state index contributed by atoms with van der Waals surface area (Å²) in [6.07, 6.45) is 4.27. The van der Waals surface area contributed by atoms with E-state index < -0.39 is 5.82 Å². The first-order chi connectivity index (χ1) is 11.5. The molecule has 1 aromatic carbocycles. The van der Waals surface area contributed by atoms with Crippen molar-refractivity contribution < 1.29 is 19.0 Å². The van der Waals surface area contributed by atoms with E-state index in [2.05, 4.69) is 5.32 Å². The first-order valence-electron chi connectivity index (χ1n) is 8.50. The molecule has 1 aliphatic rings. The minimum atomic E-state index is -0.393. The molecule has 0 aromatic heterocycles. The Kier molecular flexibility index (Phi) is 6.85. The predicted octanol–water partition coefficient (Wildman–Crippen LogP) is 2.57. The average Bonchev–Trinajstić information content (AvgIpc) is 2.58. The van der Waals surface area contributed by atoms with Crippen LogP contribution in [0.1, 0.15) is 31.2 Å². The van der Waals surface area contributed by atoms with E-state index in [0.29, 0.717) is 19.5 Å². The van der Waals surface area contributed by atoms with Crippen LogP contribution in [-0.2, 0) is 6.42 Å². The van der Waals surface area contributed by atoms with Crippen LogP contribution in [0.15, 0.2) is 18.2 Å². The number of hydrogen-bond donors (Lipinski definition) is 2. The maximum Gasteiger partial charge on any atom is 0.317 e. The molecule has 0 heterocycles. The van der Waals surface area contributed by atoms with Gasteiger partial charge in [0, 0.05) is 26.1 Å². The number of benzene rings is 1. The van der Waals surface area contributed by atoms with Crippen LogP contribution in [0.25, 0.3) is 0 Å². The van der Waals surface area contributed by atoms with E-state index in [4.69, 9.17) is 4.74 Å². The summed E-state index contributed by atoms with van der Waals surface area (Å²) < 4.78 is 18.3. The number of rotatable bonds is 6. The van der Waals surface area contributed by atoms with Gasteiger partial charge in [-0.3, -0.25) is 0 Å². The fourth-order valence-corrected chi connectivity index (χ4v) is 3.14. The second-order valence-electron chi connectivity index (χ2n) is 6.44. The molecule has 1 aliphatic carbocycles. The second kappa shape index (κ2) is 8.87. The highest BCUT2D eigenvalue weighted by Gasteiger charge is 2.25. The van der Waals surface area contributed by atoms with Crippen LogP contribution in [0.4, 0.5) is 9.18 Å². The van der Waals surface area contributed by atoms with E-state index in [1.807, 2.05) is 0 Å². The summed E-state index contributed by atoms with van der Waals surface area (Å²) in [5.41, 5.74) is 0.902. The van der Waals surface area contributed by atoms with Crippen LogP contribution in [0, 0.1) is 11.7 Å². The van der Waals surface area contributed by atoms with Crippen molar-refractivity contribution in [2.24, 2.45) is 5.92 Å². The number of methoxy groups -OCH3 is 1. The number of nitrogens with zero attached hydrogens (tertiary/aromatic N) is 1.